The summed E-state index contributed by atoms with van der Waals surface area (Å²) in [5, 5.41) is 19.9. The van der Waals surface area contributed by atoms with Crippen LogP contribution >= 0.6 is 0 Å². The predicted molar refractivity (Wildman–Crippen MR) is 102 cm³/mol. The number of rotatable bonds is 7. The van der Waals surface area contributed by atoms with Gasteiger partial charge in [0.15, 0.2) is 5.76 Å². The Bertz CT molecular complexity index is 617. The number of hydrogen-bond donors (Lipinski definition) is 3. The minimum Gasteiger partial charge on any atom is -0.390 e. The topological polar surface area (TPSA) is 109 Å². The average molecular weight is 396 g/mol. The number of aliphatic hydroxyl groups is 1. The van der Waals surface area contributed by atoms with Crippen molar-refractivity contribution in [2.75, 3.05) is 32.8 Å². The second kappa shape index (κ2) is 10.2. The molecule has 2 fully saturated rings. The van der Waals surface area contributed by atoms with Gasteiger partial charge in [0.25, 0.3) is 0 Å². The standard InChI is InChI=1S/C19H32N4O5/c1-13(2)21-19(25)20-11-18-17(24)4-3-15(27-18)9-14-10-16(28-22-14)12-23-5-7-26-8-6-23/h10,13,15,17-18,24H,3-9,11-12H2,1-2H3,(H2,20,21,25). The molecule has 2 amide bonds. The molecule has 9 nitrogen and oxygen atoms in total. The maximum Gasteiger partial charge on any atom is 0.315 e. The van der Waals surface area contributed by atoms with Crippen LogP contribution in [0.4, 0.5) is 4.79 Å². The number of morpholine rings is 1. The summed E-state index contributed by atoms with van der Waals surface area (Å²) < 4.78 is 16.8. The van der Waals surface area contributed by atoms with Crippen LogP contribution in [0.2, 0.25) is 0 Å². The summed E-state index contributed by atoms with van der Waals surface area (Å²) in [6, 6.07) is 1.79. The third kappa shape index (κ3) is 6.44. The molecule has 9 heteroatoms. The fraction of sp³-hybridized carbons (Fsp3) is 0.789. The molecule has 2 saturated heterocycles. The quantitative estimate of drug-likeness (QED) is 0.621. The Morgan fingerprint density at radius 2 is 2.14 bits per heavy atom. The van der Waals surface area contributed by atoms with Crippen molar-refractivity contribution in [2.24, 2.45) is 0 Å². The first-order chi connectivity index (χ1) is 13.5. The van der Waals surface area contributed by atoms with Gasteiger partial charge in [0.2, 0.25) is 0 Å². The smallest absolute Gasteiger partial charge is 0.315 e. The highest BCUT2D eigenvalue weighted by molar-refractivity contribution is 5.74. The predicted octanol–water partition coefficient (Wildman–Crippen LogP) is 0.665. The van der Waals surface area contributed by atoms with Crippen LogP contribution in [-0.2, 0) is 22.4 Å². The number of amides is 2. The van der Waals surface area contributed by atoms with Gasteiger partial charge in [0.1, 0.15) is 6.10 Å². The van der Waals surface area contributed by atoms with Crippen molar-refractivity contribution in [3.8, 4) is 0 Å². The molecule has 1 aromatic rings. The first kappa shape index (κ1) is 21.0. The van der Waals surface area contributed by atoms with E-state index in [0.29, 0.717) is 12.8 Å². The molecule has 0 saturated carbocycles. The van der Waals surface area contributed by atoms with Gasteiger partial charge >= 0.3 is 6.03 Å². The van der Waals surface area contributed by atoms with E-state index in [1.807, 2.05) is 19.9 Å². The molecule has 3 N–H and O–H groups in total. The van der Waals surface area contributed by atoms with E-state index >= 15 is 0 Å². The summed E-state index contributed by atoms with van der Waals surface area (Å²) in [4.78, 5) is 14.0. The van der Waals surface area contributed by atoms with Crippen LogP contribution in [0, 0.1) is 0 Å². The fourth-order valence-electron chi connectivity index (χ4n) is 3.53. The zero-order chi connectivity index (χ0) is 19.9. The van der Waals surface area contributed by atoms with Gasteiger partial charge in [-0.3, -0.25) is 4.90 Å². The Kier molecular flexibility index (Phi) is 7.66. The maximum atomic E-state index is 11.7. The lowest BCUT2D eigenvalue weighted by molar-refractivity contribution is -0.113. The molecule has 0 radical (unpaired) electrons. The zero-order valence-electron chi connectivity index (χ0n) is 16.7. The molecule has 158 valence electrons. The van der Waals surface area contributed by atoms with Crippen molar-refractivity contribution in [2.45, 2.75) is 64.0 Å². The molecule has 3 atom stereocenters. The van der Waals surface area contributed by atoms with Gasteiger partial charge in [-0.15, -0.1) is 0 Å². The Labute approximate surface area is 165 Å². The van der Waals surface area contributed by atoms with Crippen LogP contribution in [0.5, 0.6) is 0 Å². The van der Waals surface area contributed by atoms with E-state index in [9.17, 15) is 9.90 Å². The molecule has 0 spiro atoms. The molecule has 2 aliphatic heterocycles. The lowest BCUT2D eigenvalue weighted by Crippen LogP contribution is -2.49. The first-order valence-corrected chi connectivity index (χ1v) is 10.1. The normalized spacial score (nSPS) is 26.4. The van der Waals surface area contributed by atoms with Crippen LogP contribution in [-0.4, -0.2) is 78.4 Å². The van der Waals surface area contributed by atoms with Crippen molar-refractivity contribution >= 4 is 6.03 Å². The average Bonchev–Trinajstić information content (AvgIpc) is 3.09. The maximum absolute atomic E-state index is 11.7. The molecule has 0 aliphatic carbocycles. The van der Waals surface area contributed by atoms with Crippen molar-refractivity contribution in [1.82, 2.24) is 20.7 Å². The van der Waals surface area contributed by atoms with Gasteiger partial charge in [-0.05, 0) is 26.7 Å². The zero-order valence-corrected chi connectivity index (χ0v) is 16.7. The molecule has 3 unspecified atom stereocenters. The summed E-state index contributed by atoms with van der Waals surface area (Å²) in [6.07, 6.45) is 0.975. The fourth-order valence-corrected chi connectivity index (χ4v) is 3.53. The Balaban J connectivity index is 1.45. The molecule has 3 heterocycles. The lowest BCUT2D eigenvalue weighted by Gasteiger charge is -2.33. The van der Waals surface area contributed by atoms with Crippen LogP contribution in [0.25, 0.3) is 0 Å². The lowest BCUT2D eigenvalue weighted by atomic mass is 9.98. The van der Waals surface area contributed by atoms with Gasteiger partial charge in [-0.1, -0.05) is 5.16 Å². The van der Waals surface area contributed by atoms with E-state index in [1.54, 1.807) is 0 Å². The molecule has 1 aromatic heterocycles. The number of carbonyl (C=O) groups is 1. The number of carbonyl (C=O) groups excluding carboxylic acids is 1. The van der Waals surface area contributed by atoms with Crippen LogP contribution in [0.15, 0.2) is 10.6 Å². The second-order valence-corrected chi connectivity index (χ2v) is 7.83. The number of aromatic nitrogens is 1. The van der Waals surface area contributed by atoms with Gasteiger partial charge in [0, 0.05) is 38.2 Å². The number of ether oxygens (including phenoxy) is 2. The summed E-state index contributed by atoms with van der Waals surface area (Å²) in [6.45, 7) is 8.11. The van der Waals surface area contributed by atoms with E-state index in [4.69, 9.17) is 14.0 Å². The van der Waals surface area contributed by atoms with Gasteiger partial charge < -0.3 is 29.7 Å². The molecule has 0 aromatic carbocycles. The second-order valence-electron chi connectivity index (χ2n) is 7.83. The Morgan fingerprint density at radius 3 is 2.89 bits per heavy atom. The van der Waals surface area contributed by atoms with E-state index < -0.39 is 12.2 Å². The number of nitrogens with one attached hydrogen (secondary N) is 2. The SMILES string of the molecule is CC(C)NC(=O)NCC1OC(Cc2cc(CN3CCOCC3)on2)CCC1O. The van der Waals surface area contributed by atoms with E-state index in [-0.39, 0.29) is 24.7 Å². The number of aliphatic hydroxyl groups excluding tert-OH is 1. The monoisotopic (exact) mass is 396 g/mol. The minimum atomic E-state index is -0.579. The van der Waals surface area contributed by atoms with Crippen molar-refractivity contribution in [3.05, 3.63) is 17.5 Å². The van der Waals surface area contributed by atoms with Crippen LogP contribution in [0.1, 0.15) is 38.1 Å². The van der Waals surface area contributed by atoms with E-state index in [1.165, 1.54) is 0 Å². The van der Waals surface area contributed by atoms with Gasteiger partial charge in [-0.2, -0.15) is 0 Å². The van der Waals surface area contributed by atoms with Crippen LogP contribution < -0.4 is 10.6 Å². The molecular weight excluding hydrogens is 364 g/mol. The summed E-state index contributed by atoms with van der Waals surface area (Å²) in [5.74, 6) is 0.844. The summed E-state index contributed by atoms with van der Waals surface area (Å²) in [5.41, 5.74) is 0.855. The van der Waals surface area contributed by atoms with Gasteiger partial charge in [0.05, 0.1) is 37.7 Å². The van der Waals surface area contributed by atoms with Crippen molar-refractivity contribution in [1.29, 1.82) is 0 Å². The minimum absolute atomic E-state index is 0.0512. The first-order valence-electron chi connectivity index (χ1n) is 10.1. The van der Waals surface area contributed by atoms with Gasteiger partial charge in [-0.25, -0.2) is 4.79 Å². The van der Waals surface area contributed by atoms with E-state index in [2.05, 4.69) is 20.7 Å². The largest absolute Gasteiger partial charge is 0.390 e. The highest BCUT2D eigenvalue weighted by Gasteiger charge is 2.31. The van der Waals surface area contributed by atoms with Crippen LogP contribution in [0.3, 0.4) is 0 Å². The molecule has 2 aliphatic rings. The Hall–Kier alpha value is -1.68. The summed E-state index contributed by atoms with van der Waals surface area (Å²) >= 11 is 0. The number of hydrogen-bond acceptors (Lipinski definition) is 7. The molecule has 28 heavy (non-hydrogen) atoms. The van der Waals surface area contributed by atoms with E-state index in [0.717, 1.165) is 50.7 Å². The van der Waals surface area contributed by atoms with Crippen molar-refractivity contribution < 1.29 is 23.9 Å². The summed E-state index contributed by atoms with van der Waals surface area (Å²) in [7, 11) is 0. The third-order valence-corrected chi connectivity index (χ3v) is 4.99. The third-order valence-electron chi connectivity index (χ3n) is 4.99. The highest BCUT2D eigenvalue weighted by Crippen LogP contribution is 2.22. The molecule has 3 rings (SSSR count). The number of nitrogens with zero attached hydrogens (tertiary/aromatic N) is 2. The number of urea groups is 1. The highest BCUT2D eigenvalue weighted by atomic mass is 16.5. The van der Waals surface area contributed by atoms with Crippen molar-refractivity contribution in [3.63, 3.8) is 0 Å². The Morgan fingerprint density at radius 1 is 1.36 bits per heavy atom. The molecular formula is C19H32N4O5. The molecule has 0 bridgehead atoms.